The first-order chi connectivity index (χ1) is 5.74. The van der Waals surface area contributed by atoms with E-state index in [1.165, 1.54) is 0 Å². The lowest BCUT2D eigenvalue weighted by atomic mass is 9.99. The SMILES string of the molecule is C.CC#CC1CCCN(C(C)=O)C1.P. The van der Waals surface area contributed by atoms with Gasteiger partial charge in [-0.05, 0) is 19.8 Å². The average Bonchev–Trinajstić information content (AvgIpc) is 2.05. The lowest BCUT2D eigenvalue weighted by Crippen LogP contribution is -2.38. The summed E-state index contributed by atoms with van der Waals surface area (Å²) in [4.78, 5) is 12.9. The highest BCUT2D eigenvalue weighted by Crippen LogP contribution is 2.15. The van der Waals surface area contributed by atoms with Gasteiger partial charge in [-0.2, -0.15) is 9.90 Å². The highest BCUT2D eigenvalue weighted by atomic mass is 31.0. The van der Waals surface area contributed by atoms with Crippen molar-refractivity contribution in [3.8, 4) is 11.8 Å². The predicted octanol–water partition coefficient (Wildman–Crippen LogP) is 1.96. The van der Waals surface area contributed by atoms with Gasteiger partial charge in [0.05, 0.1) is 0 Å². The van der Waals surface area contributed by atoms with Gasteiger partial charge in [0.15, 0.2) is 0 Å². The summed E-state index contributed by atoms with van der Waals surface area (Å²) in [6.45, 7) is 5.22. The first-order valence-corrected chi connectivity index (χ1v) is 4.42. The molecule has 0 aromatic heterocycles. The minimum absolute atomic E-state index is 0. The van der Waals surface area contributed by atoms with Crippen LogP contribution in [0.2, 0.25) is 0 Å². The van der Waals surface area contributed by atoms with Gasteiger partial charge >= 0.3 is 0 Å². The van der Waals surface area contributed by atoms with Gasteiger partial charge in [0.25, 0.3) is 0 Å². The van der Waals surface area contributed by atoms with Crippen LogP contribution in [0.25, 0.3) is 0 Å². The van der Waals surface area contributed by atoms with Crippen molar-refractivity contribution in [3.63, 3.8) is 0 Å². The molecule has 0 saturated carbocycles. The van der Waals surface area contributed by atoms with E-state index in [1.807, 2.05) is 11.8 Å². The van der Waals surface area contributed by atoms with Gasteiger partial charge < -0.3 is 4.90 Å². The molecule has 1 heterocycles. The number of hydrogen-bond donors (Lipinski definition) is 0. The third-order valence-corrected chi connectivity index (χ3v) is 2.22. The summed E-state index contributed by atoms with van der Waals surface area (Å²) in [5.41, 5.74) is 0. The molecule has 1 fully saturated rings. The van der Waals surface area contributed by atoms with E-state index in [4.69, 9.17) is 0 Å². The van der Waals surface area contributed by atoms with Gasteiger partial charge in [-0.15, -0.1) is 5.92 Å². The molecule has 0 aromatic rings. The number of carbonyl (C=O) groups excluding carboxylic acids is 1. The topological polar surface area (TPSA) is 20.3 Å². The molecule has 1 aliphatic heterocycles. The summed E-state index contributed by atoms with van der Waals surface area (Å²) in [6, 6.07) is 0. The zero-order chi connectivity index (χ0) is 8.97. The Hall–Kier alpha value is -0.540. The summed E-state index contributed by atoms with van der Waals surface area (Å²) in [5.74, 6) is 6.62. The molecule has 2 unspecified atom stereocenters. The zero-order valence-electron chi connectivity index (χ0n) is 8.47. The van der Waals surface area contributed by atoms with Crippen LogP contribution in [-0.4, -0.2) is 23.9 Å². The van der Waals surface area contributed by atoms with Crippen LogP contribution in [0.1, 0.15) is 34.1 Å². The summed E-state index contributed by atoms with van der Waals surface area (Å²) in [5, 5.41) is 0. The summed E-state index contributed by atoms with van der Waals surface area (Å²) < 4.78 is 0. The second kappa shape index (κ2) is 7.83. The van der Waals surface area contributed by atoms with E-state index >= 15 is 0 Å². The molecule has 0 N–H and O–H groups in total. The van der Waals surface area contributed by atoms with Crippen molar-refractivity contribution in [3.05, 3.63) is 0 Å². The first kappa shape index (κ1) is 15.9. The molecule has 0 radical (unpaired) electrons. The monoisotopic (exact) mass is 215 g/mol. The predicted molar refractivity (Wildman–Crippen MR) is 66.3 cm³/mol. The van der Waals surface area contributed by atoms with Crippen LogP contribution >= 0.6 is 9.90 Å². The third-order valence-electron chi connectivity index (χ3n) is 2.22. The van der Waals surface area contributed by atoms with Crippen LogP contribution in [0, 0.1) is 17.8 Å². The number of nitrogens with zero attached hydrogens (tertiary/aromatic N) is 1. The number of carbonyl (C=O) groups is 1. The molecular weight excluding hydrogens is 193 g/mol. The molecular formula is C11H22NOP. The Bertz CT molecular complexity index is 229. The quantitative estimate of drug-likeness (QED) is 0.447. The maximum absolute atomic E-state index is 11.0. The second-order valence-electron chi connectivity index (χ2n) is 3.20. The third kappa shape index (κ3) is 4.63. The lowest BCUT2D eigenvalue weighted by molar-refractivity contribution is -0.130. The van der Waals surface area contributed by atoms with Crippen molar-refractivity contribution in [2.45, 2.75) is 34.1 Å². The van der Waals surface area contributed by atoms with Crippen LogP contribution < -0.4 is 0 Å². The number of piperidine rings is 1. The van der Waals surface area contributed by atoms with E-state index in [2.05, 4.69) is 11.8 Å². The molecule has 14 heavy (non-hydrogen) atoms. The summed E-state index contributed by atoms with van der Waals surface area (Å²) >= 11 is 0. The minimum Gasteiger partial charge on any atom is -0.342 e. The first-order valence-electron chi connectivity index (χ1n) is 4.42. The normalized spacial score (nSPS) is 19.6. The standard InChI is InChI=1S/C10H15NO.CH4.H3P/c1-3-5-10-6-4-7-11(8-10)9(2)12;;/h10H,4,6-8H2,1-2H3;1H4;1H3. The van der Waals surface area contributed by atoms with E-state index < -0.39 is 0 Å². The fourth-order valence-corrected chi connectivity index (χ4v) is 1.59. The molecule has 1 rings (SSSR count). The van der Waals surface area contributed by atoms with Crippen LogP contribution in [0.4, 0.5) is 0 Å². The molecule has 0 spiro atoms. The van der Waals surface area contributed by atoms with Crippen LogP contribution in [-0.2, 0) is 4.79 Å². The van der Waals surface area contributed by atoms with Crippen LogP contribution in [0.15, 0.2) is 0 Å². The molecule has 3 heteroatoms. The van der Waals surface area contributed by atoms with E-state index in [0.717, 1.165) is 25.9 Å². The zero-order valence-corrected chi connectivity index (χ0v) is 9.88. The van der Waals surface area contributed by atoms with Crippen molar-refractivity contribution < 1.29 is 4.79 Å². The molecule has 1 amide bonds. The molecule has 1 aliphatic rings. The van der Waals surface area contributed by atoms with Gasteiger partial charge in [0, 0.05) is 25.9 Å². The Labute approximate surface area is 91.1 Å². The fourth-order valence-electron chi connectivity index (χ4n) is 1.59. The average molecular weight is 215 g/mol. The summed E-state index contributed by atoms with van der Waals surface area (Å²) in [7, 11) is 0. The lowest BCUT2D eigenvalue weighted by Gasteiger charge is -2.29. The number of hydrogen-bond acceptors (Lipinski definition) is 1. The Balaban J connectivity index is 0. The Morgan fingerprint density at radius 3 is 2.64 bits per heavy atom. The fraction of sp³-hybridized carbons (Fsp3) is 0.727. The van der Waals surface area contributed by atoms with Gasteiger partial charge in [0.2, 0.25) is 5.91 Å². The van der Waals surface area contributed by atoms with Crippen molar-refractivity contribution in [2.75, 3.05) is 13.1 Å². The van der Waals surface area contributed by atoms with E-state index in [0.29, 0.717) is 5.92 Å². The Kier molecular flexibility index (Phi) is 8.89. The molecule has 1 saturated heterocycles. The molecule has 0 aromatic carbocycles. The van der Waals surface area contributed by atoms with Crippen molar-refractivity contribution >= 4 is 15.8 Å². The minimum atomic E-state index is 0. The smallest absolute Gasteiger partial charge is 0.219 e. The van der Waals surface area contributed by atoms with E-state index in [-0.39, 0.29) is 23.2 Å². The molecule has 2 atom stereocenters. The highest BCUT2D eigenvalue weighted by Gasteiger charge is 2.19. The van der Waals surface area contributed by atoms with Crippen molar-refractivity contribution in [1.29, 1.82) is 0 Å². The molecule has 2 nitrogen and oxygen atoms in total. The van der Waals surface area contributed by atoms with Crippen molar-refractivity contribution in [1.82, 2.24) is 4.90 Å². The van der Waals surface area contributed by atoms with Gasteiger partial charge in [0.1, 0.15) is 0 Å². The maximum atomic E-state index is 11.0. The number of likely N-dealkylation sites (tertiary alicyclic amines) is 1. The Morgan fingerprint density at radius 2 is 2.14 bits per heavy atom. The van der Waals surface area contributed by atoms with Crippen molar-refractivity contribution in [2.24, 2.45) is 5.92 Å². The highest BCUT2D eigenvalue weighted by molar-refractivity contribution is 6.92. The largest absolute Gasteiger partial charge is 0.342 e. The number of rotatable bonds is 0. The van der Waals surface area contributed by atoms with E-state index in [9.17, 15) is 4.79 Å². The molecule has 0 bridgehead atoms. The van der Waals surface area contributed by atoms with Crippen LogP contribution in [0.5, 0.6) is 0 Å². The van der Waals surface area contributed by atoms with Gasteiger partial charge in [-0.25, -0.2) is 0 Å². The summed E-state index contributed by atoms with van der Waals surface area (Å²) in [6.07, 6.45) is 2.24. The van der Waals surface area contributed by atoms with Gasteiger partial charge in [-0.1, -0.05) is 13.3 Å². The Morgan fingerprint density at radius 1 is 1.50 bits per heavy atom. The van der Waals surface area contributed by atoms with Gasteiger partial charge in [-0.3, -0.25) is 4.79 Å². The second-order valence-corrected chi connectivity index (χ2v) is 3.20. The number of amides is 1. The maximum Gasteiger partial charge on any atom is 0.219 e. The van der Waals surface area contributed by atoms with Crippen LogP contribution in [0.3, 0.4) is 0 Å². The molecule has 82 valence electrons. The molecule has 0 aliphatic carbocycles. The van der Waals surface area contributed by atoms with E-state index in [1.54, 1.807) is 6.92 Å².